The van der Waals surface area contributed by atoms with E-state index in [1.807, 2.05) is 26.0 Å². The minimum Gasteiger partial charge on any atom is -0.354 e. The third-order valence-electron chi connectivity index (χ3n) is 3.85. The van der Waals surface area contributed by atoms with E-state index in [9.17, 15) is 0 Å². The van der Waals surface area contributed by atoms with Crippen LogP contribution in [0.5, 0.6) is 0 Å². The Kier molecular flexibility index (Phi) is 8.03. The average molecular weight is 402 g/mol. The second-order valence-electron chi connectivity index (χ2n) is 5.49. The molecule has 4 nitrogen and oxygen atoms in total. The van der Waals surface area contributed by atoms with Gasteiger partial charge in [-0.15, -0.1) is 24.0 Å². The Balaban J connectivity index is 0.00000220. The smallest absolute Gasteiger partial charge is 0.193 e. The lowest BCUT2D eigenvalue weighted by atomic mass is 10.1. The summed E-state index contributed by atoms with van der Waals surface area (Å²) in [6.45, 7) is 3.29. The minimum absolute atomic E-state index is 0. The maximum Gasteiger partial charge on any atom is 0.193 e. The van der Waals surface area contributed by atoms with Crippen LogP contribution in [0.1, 0.15) is 24.4 Å². The number of rotatable bonds is 4. The van der Waals surface area contributed by atoms with E-state index in [2.05, 4.69) is 45.5 Å². The van der Waals surface area contributed by atoms with Gasteiger partial charge in [-0.25, -0.2) is 0 Å². The van der Waals surface area contributed by atoms with Crippen LogP contribution < -0.4 is 5.32 Å². The molecule has 1 aliphatic rings. The molecule has 0 bridgehead atoms. The predicted molar refractivity (Wildman–Crippen MR) is 100 cm³/mol. The fourth-order valence-corrected chi connectivity index (χ4v) is 2.81. The normalized spacial score (nSPS) is 17.2. The lowest BCUT2D eigenvalue weighted by Crippen LogP contribution is -2.42. The first-order chi connectivity index (χ1) is 9.72. The number of hydrogen-bond donors (Lipinski definition) is 1. The van der Waals surface area contributed by atoms with Gasteiger partial charge in [0.05, 0.1) is 6.04 Å². The van der Waals surface area contributed by atoms with Gasteiger partial charge in [0.25, 0.3) is 0 Å². The summed E-state index contributed by atoms with van der Waals surface area (Å²) in [6.07, 6.45) is 2.62. The van der Waals surface area contributed by atoms with Gasteiger partial charge in [-0.2, -0.15) is 0 Å². The van der Waals surface area contributed by atoms with Gasteiger partial charge in [0.1, 0.15) is 0 Å². The fourth-order valence-electron chi connectivity index (χ4n) is 2.81. The second-order valence-corrected chi connectivity index (χ2v) is 5.49. The van der Waals surface area contributed by atoms with Crippen molar-refractivity contribution in [2.75, 3.05) is 40.8 Å². The number of benzene rings is 1. The number of halogens is 1. The number of guanidine groups is 1. The summed E-state index contributed by atoms with van der Waals surface area (Å²) < 4.78 is 0. The van der Waals surface area contributed by atoms with Crippen LogP contribution >= 0.6 is 24.0 Å². The number of hydrogen-bond acceptors (Lipinski definition) is 2. The van der Waals surface area contributed by atoms with E-state index in [1.165, 1.54) is 31.5 Å². The highest BCUT2D eigenvalue weighted by molar-refractivity contribution is 14.0. The van der Waals surface area contributed by atoms with Gasteiger partial charge in [0.2, 0.25) is 0 Å². The molecule has 1 saturated heterocycles. The highest BCUT2D eigenvalue weighted by Gasteiger charge is 2.23. The Morgan fingerprint density at radius 2 is 1.86 bits per heavy atom. The molecule has 0 spiro atoms. The Hall–Kier alpha value is -0.820. The SMILES string of the molecule is CN=C(NCC(c1ccccc1)N1CCCC1)N(C)C.I. The summed E-state index contributed by atoms with van der Waals surface area (Å²) in [7, 11) is 5.86. The first kappa shape index (κ1) is 18.2. The van der Waals surface area contributed by atoms with E-state index in [4.69, 9.17) is 0 Å². The van der Waals surface area contributed by atoms with E-state index in [0.717, 1.165) is 12.5 Å². The number of aliphatic imine (C=N–C) groups is 1. The molecule has 1 aliphatic heterocycles. The van der Waals surface area contributed by atoms with Gasteiger partial charge in [0, 0.05) is 27.7 Å². The van der Waals surface area contributed by atoms with Crippen molar-refractivity contribution < 1.29 is 0 Å². The van der Waals surface area contributed by atoms with Crippen molar-refractivity contribution in [1.29, 1.82) is 0 Å². The van der Waals surface area contributed by atoms with Gasteiger partial charge in [-0.05, 0) is 31.5 Å². The highest BCUT2D eigenvalue weighted by Crippen LogP contribution is 2.24. The lowest BCUT2D eigenvalue weighted by Gasteiger charge is -2.29. The zero-order valence-electron chi connectivity index (χ0n) is 13.2. The van der Waals surface area contributed by atoms with Crippen LogP contribution in [0.3, 0.4) is 0 Å². The van der Waals surface area contributed by atoms with Crippen molar-refractivity contribution >= 4 is 29.9 Å². The van der Waals surface area contributed by atoms with Crippen molar-refractivity contribution in [1.82, 2.24) is 15.1 Å². The van der Waals surface area contributed by atoms with Crippen molar-refractivity contribution in [2.24, 2.45) is 4.99 Å². The molecule has 1 aromatic rings. The Labute approximate surface area is 145 Å². The molecular weight excluding hydrogens is 375 g/mol. The highest BCUT2D eigenvalue weighted by atomic mass is 127. The standard InChI is InChI=1S/C16H26N4.HI/c1-17-16(19(2)3)18-13-15(20-11-7-8-12-20)14-9-5-4-6-10-14;/h4-6,9-10,15H,7-8,11-13H2,1-3H3,(H,17,18);1H. The summed E-state index contributed by atoms with van der Waals surface area (Å²) in [5, 5.41) is 3.48. The first-order valence-electron chi connectivity index (χ1n) is 7.39. The third-order valence-corrected chi connectivity index (χ3v) is 3.85. The largest absolute Gasteiger partial charge is 0.354 e. The molecular formula is C16H27IN4. The molecule has 5 heteroatoms. The topological polar surface area (TPSA) is 30.9 Å². The van der Waals surface area contributed by atoms with Crippen LogP contribution in [0.15, 0.2) is 35.3 Å². The van der Waals surface area contributed by atoms with Crippen molar-refractivity contribution in [3.05, 3.63) is 35.9 Å². The van der Waals surface area contributed by atoms with Crippen molar-refractivity contribution in [2.45, 2.75) is 18.9 Å². The maximum atomic E-state index is 4.29. The molecule has 1 N–H and O–H groups in total. The summed E-state index contributed by atoms with van der Waals surface area (Å²) in [5.74, 6) is 0.935. The molecule has 0 aliphatic carbocycles. The van der Waals surface area contributed by atoms with Crippen molar-refractivity contribution in [3.8, 4) is 0 Å². The van der Waals surface area contributed by atoms with E-state index >= 15 is 0 Å². The molecule has 0 saturated carbocycles. The monoisotopic (exact) mass is 402 g/mol. The van der Waals surface area contributed by atoms with Gasteiger partial charge in [-0.3, -0.25) is 9.89 Å². The molecule has 0 aromatic heterocycles. The zero-order valence-corrected chi connectivity index (χ0v) is 15.6. The van der Waals surface area contributed by atoms with Crippen LogP contribution in [0.2, 0.25) is 0 Å². The van der Waals surface area contributed by atoms with Gasteiger partial charge in [-0.1, -0.05) is 30.3 Å². The summed E-state index contributed by atoms with van der Waals surface area (Å²) >= 11 is 0. The average Bonchev–Trinajstić information content (AvgIpc) is 2.98. The van der Waals surface area contributed by atoms with E-state index < -0.39 is 0 Å². The minimum atomic E-state index is 0. The second kappa shape index (κ2) is 9.25. The van der Waals surface area contributed by atoms with Crippen LogP contribution in [-0.2, 0) is 0 Å². The summed E-state index contributed by atoms with van der Waals surface area (Å²) in [5.41, 5.74) is 1.39. The molecule has 1 aromatic carbocycles. The third kappa shape index (κ3) is 5.14. The van der Waals surface area contributed by atoms with Gasteiger partial charge < -0.3 is 10.2 Å². The van der Waals surface area contributed by atoms with Gasteiger partial charge in [0.15, 0.2) is 5.96 Å². The fraction of sp³-hybridized carbons (Fsp3) is 0.562. The summed E-state index contributed by atoms with van der Waals surface area (Å²) in [6, 6.07) is 11.2. The van der Waals surface area contributed by atoms with E-state index in [-0.39, 0.29) is 24.0 Å². The number of nitrogens with zero attached hydrogens (tertiary/aromatic N) is 3. The zero-order chi connectivity index (χ0) is 14.4. The molecule has 21 heavy (non-hydrogen) atoms. The summed E-state index contributed by atoms with van der Waals surface area (Å²) in [4.78, 5) is 8.89. The Morgan fingerprint density at radius 3 is 2.38 bits per heavy atom. The van der Waals surface area contributed by atoms with E-state index in [0.29, 0.717) is 6.04 Å². The van der Waals surface area contributed by atoms with E-state index in [1.54, 1.807) is 0 Å². The number of nitrogens with one attached hydrogen (secondary N) is 1. The molecule has 1 heterocycles. The Bertz CT molecular complexity index is 427. The molecule has 1 unspecified atom stereocenters. The Morgan fingerprint density at radius 1 is 1.24 bits per heavy atom. The molecule has 1 fully saturated rings. The molecule has 2 rings (SSSR count). The number of likely N-dealkylation sites (tertiary alicyclic amines) is 1. The molecule has 1 atom stereocenters. The van der Waals surface area contributed by atoms with Crippen LogP contribution in [0.25, 0.3) is 0 Å². The molecule has 0 amide bonds. The molecule has 118 valence electrons. The first-order valence-corrected chi connectivity index (χ1v) is 7.39. The quantitative estimate of drug-likeness (QED) is 0.477. The molecule has 0 radical (unpaired) electrons. The lowest BCUT2D eigenvalue weighted by molar-refractivity contribution is 0.244. The van der Waals surface area contributed by atoms with Crippen LogP contribution in [0, 0.1) is 0 Å². The predicted octanol–water partition coefficient (Wildman–Crippen LogP) is 2.58. The van der Waals surface area contributed by atoms with Crippen LogP contribution in [-0.4, -0.2) is 56.5 Å². The van der Waals surface area contributed by atoms with Crippen molar-refractivity contribution in [3.63, 3.8) is 0 Å². The van der Waals surface area contributed by atoms with Gasteiger partial charge >= 0.3 is 0 Å². The van der Waals surface area contributed by atoms with Crippen LogP contribution in [0.4, 0.5) is 0 Å². The maximum absolute atomic E-state index is 4.29.